The first-order valence-electron chi connectivity index (χ1n) is 26.1. The van der Waals surface area contributed by atoms with Gasteiger partial charge in [0.1, 0.15) is 24.1 Å². The lowest BCUT2D eigenvalue weighted by Crippen LogP contribution is -2.70. The summed E-state index contributed by atoms with van der Waals surface area (Å²) in [5.74, 6) is -1.61. The predicted molar refractivity (Wildman–Crippen MR) is 272 cm³/mol. The number of aliphatic hydroxyl groups is 2. The Morgan fingerprint density at radius 1 is 0.914 bits per heavy atom. The van der Waals surface area contributed by atoms with Crippen LogP contribution in [-0.4, -0.2) is 89.3 Å². The Morgan fingerprint density at radius 3 is 2.27 bits per heavy atom. The zero-order valence-corrected chi connectivity index (χ0v) is 41.9. The van der Waals surface area contributed by atoms with Crippen LogP contribution in [0.1, 0.15) is 153 Å². The molecule has 2 aliphatic carbocycles. The van der Waals surface area contributed by atoms with Crippen LogP contribution in [0.4, 0.5) is 15.3 Å². The Labute approximate surface area is 415 Å². The SMILES string of the molecule is C=CCCOC(=O)N(CCC)[C@H]1CC(=NOCc2ccc([N+](=O)[O-])cc2)C2=C[C@H](CCCCO)[C@@H](CCCCO)[C@@H]3c4cc(OC(=O)NCCCCCCCCCCCC)ccc4O[C@@]1(OCC=C)[C@H]23. The minimum atomic E-state index is -1.50. The van der Waals surface area contributed by atoms with E-state index in [4.69, 9.17) is 28.9 Å². The number of oxime groups is 1. The van der Waals surface area contributed by atoms with Crippen molar-refractivity contribution >= 4 is 23.6 Å². The Balaban J connectivity index is 1.57. The molecule has 0 spiro atoms. The fourth-order valence-corrected chi connectivity index (χ4v) is 10.5. The quantitative estimate of drug-likeness (QED) is 0.0267. The highest BCUT2D eigenvalue weighted by molar-refractivity contribution is 6.03. The van der Waals surface area contributed by atoms with Gasteiger partial charge in [0.15, 0.2) is 0 Å². The zero-order valence-electron chi connectivity index (χ0n) is 41.9. The van der Waals surface area contributed by atoms with Gasteiger partial charge in [-0.1, -0.05) is 108 Å². The normalized spacial score (nSPS) is 21.6. The molecule has 1 aliphatic heterocycles. The largest absolute Gasteiger partial charge is 0.459 e. The molecule has 386 valence electrons. The van der Waals surface area contributed by atoms with Crippen LogP contribution in [0.15, 0.2) is 84.6 Å². The molecule has 5 rings (SSSR count). The Morgan fingerprint density at radius 2 is 1.61 bits per heavy atom. The molecule has 0 aromatic heterocycles. The summed E-state index contributed by atoms with van der Waals surface area (Å²) in [7, 11) is 0. The van der Waals surface area contributed by atoms with Crippen LogP contribution in [0.5, 0.6) is 11.5 Å². The number of ether oxygens (including phenoxy) is 4. The molecular weight excluding hydrogens is 893 g/mol. The van der Waals surface area contributed by atoms with Gasteiger partial charge in [0.25, 0.3) is 5.69 Å². The van der Waals surface area contributed by atoms with E-state index in [0.717, 1.165) is 56.1 Å². The third-order valence-electron chi connectivity index (χ3n) is 13.8. The number of aliphatic hydroxyl groups excluding tert-OH is 2. The predicted octanol–water partition coefficient (Wildman–Crippen LogP) is 11.9. The molecule has 1 fully saturated rings. The third kappa shape index (κ3) is 15.4. The molecule has 2 amide bonds. The minimum absolute atomic E-state index is 0.0227. The van der Waals surface area contributed by atoms with E-state index in [2.05, 4.69) is 31.5 Å². The van der Waals surface area contributed by atoms with Crippen LogP contribution in [0, 0.1) is 27.9 Å². The first-order valence-corrected chi connectivity index (χ1v) is 26.1. The Bertz CT molecular complexity index is 2020. The number of unbranched alkanes of at least 4 members (excludes halogenated alkanes) is 11. The van der Waals surface area contributed by atoms with Crippen LogP contribution < -0.4 is 14.8 Å². The van der Waals surface area contributed by atoms with Gasteiger partial charge in [-0.15, -0.1) is 13.2 Å². The molecule has 3 aliphatic rings. The Hall–Kier alpha value is -5.25. The number of non-ortho nitro benzene ring substituents is 1. The van der Waals surface area contributed by atoms with Gasteiger partial charge in [0.2, 0.25) is 5.79 Å². The number of rotatable bonds is 33. The summed E-state index contributed by atoms with van der Waals surface area (Å²) in [6.45, 7) is 13.2. The molecule has 6 atom stereocenters. The number of nitro benzene ring substituents is 1. The number of nitrogens with one attached hydrogen (secondary N) is 1. The fourth-order valence-electron chi connectivity index (χ4n) is 10.5. The minimum Gasteiger partial charge on any atom is -0.459 e. The van der Waals surface area contributed by atoms with Crippen molar-refractivity contribution in [2.75, 3.05) is 39.5 Å². The zero-order chi connectivity index (χ0) is 50.1. The average Bonchev–Trinajstić information content (AvgIpc) is 3.35. The summed E-state index contributed by atoms with van der Waals surface area (Å²) < 4.78 is 26.2. The van der Waals surface area contributed by atoms with Crippen LogP contribution in [0.2, 0.25) is 0 Å². The number of amides is 2. The maximum Gasteiger partial charge on any atom is 0.412 e. The van der Waals surface area contributed by atoms with Crippen LogP contribution in [0.3, 0.4) is 0 Å². The first kappa shape index (κ1) is 55.7. The average molecular weight is 973 g/mol. The number of benzene rings is 2. The standard InChI is InChI=1S/C55H80N4O11/c1-5-9-11-12-13-14-15-16-17-20-31-56-53(62)69-44-29-30-49-47(38-44)51-45(24-19-22-34-61)42(23-18-21-33-60)37-46-48(57-68-40-41-25-27-43(28-26-41)59(64)65)39-50(55(70-49,52(46)51)67-35-8-4)58(32-7-3)54(63)66-36-10-6-2/h6,8,25-30,37-38,42,45,50-52,60-61H,2,4-5,7,9-24,31-36,39-40H2,1,3H3,(H,56,62)/t42-,45+,50-,51+,52+,55+/m0/s1. The highest BCUT2D eigenvalue weighted by Crippen LogP contribution is 2.62. The van der Waals surface area contributed by atoms with E-state index in [1.54, 1.807) is 35.3 Å². The van der Waals surface area contributed by atoms with Gasteiger partial charge in [-0.25, -0.2) is 9.59 Å². The molecular formula is C55H80N4O11. The molecule has 15 nitrogen and oxygen atoms in total. The number of nitrogens with zero attached hydrogens (tertiary/aromatic N) is 3. The molecule has 0 unspecified atom stereocenters. The van der Waals surface area contributed by atoms with Crippen molar-refractivity contribution in [3.05, 3.63) is 101 Å². The van der Waals surface area contributed by atoms with Crippen LogP contribution in [-0.2, 0) is 20.9 Å². The van der Waals surface area contributed by atoms with E-state index < -0.39 is 34.9 Å². The van der Waals surface area contributed by atoms with Crippen molar-refractivity contribution in [1.82, 2.24) is 10.2 Å². The van der Waals surface area contributed by atoms with E-state index in [1.165, 1.54) is 57.1 Å². The molecule has 70 heavy (non-hydrogen) atoms. The lowest BCUT2D eigenvalue weighted by atomic mass is 9.55. The van der Waals surface area contributed by atoms with E-state index in [9.17, 15) is 29.9 Å². The number of hydrogen-bond acceptors (Lipinski definition) is 12. The number of allylic oxidation sites excluding steroid dienone is 1. The molecule has 15 heteroatoms. The van der Waals surface area contributed by atoms with Crippen molar-refractivity contribution in [2.24, 2.45) is 22.9 Å². The number of carbonyl (C=O) groups excluding carboxylic acids is 2. The van der Waals surface area contributed by atoms with Crippen LogP contribution >= 0.6 is 0 Å². The molecule has 2 aromatic carbocycles. The van der Waals surface area contributed by atoms with Gasteiger partial charge in [-0.05, 0) is 98.2 Å². The number of fused-ring (bicyclic) bond motifs is 2. The summed E-state index contributed by atoms with van der Waals surface area (Å²) in [5.41, 5.74) is 2.89. The van der Waals surface area contributed by atoms with Crippen molar-refractivity contribution < 1.29 is 48.5 Å². The second-order valence-corrected chi connectivity index (χ2v) is 18.9. The molecule has 0 bridgehead atoms. The first-order chi connectivity index (χ1) is 34.2. The Kier molecular flexibility index (Phi) is 23.7. The smallest absolute Gasteiger partial charge is 0.412 e. The molecule has 3 N–H and O–H groups in total. The van der Waals surface area contributed by atoms with Gasteiger partial charge in [-0.3, -0.25) is 15.0 Å². The van der Waals surface area contributed by atoms with E-state index in [1.807, 2.05) is 19.1 Å². The van der Waals surface area contributed by atoms with Gasteiger partial charge in [0.05, 0.1) is 29.8 Å². The van der Waals surface area contributed by atoms with Gasteiger partial charge >= 0.3 is 12.2 Å². The summed E-state index contributed by atoms with van der Waals surface area (Å²) in [6, 6.07) is 10.8. The van der Waals surface area contributed by atoms with Crippen molar-refractivity contribution in [2.45, 2.75) is 160 Å². The topological polar surface area (TPSA) is 192 Å². The molecule has 0 radical (unpaired) electrons. The summed E-state index contributed by atoms with van der Waals surface area (Å²) >= 11 is 0. The van der Waals surface area contributed by atoms with Crippen molar-refractivity contribution in [1.29, 1.82) is 0 Å². The lowest BCUT2D eigenvalue weighted by molar-refractivity contribution is -0.384. The van der Waals surface area contributed by atoms with Gasteiger partial charge in [-0.2, -0.15) is 0 Å². The van der Waals surface area contributed by atoms with Gasteiger partial charge < -0.3 is 39.3 Å². The molecule has 1 saturated carbocycles. The monoisotopic (exact) mass is 973 g/mol. The second kappa shape index (κ2) is 29.8. The maximum atomic E-state index is 14.4. The number of nitro groups is 1. The molecule has 1 heterocycles. The lowest BCUT2D eigenvalue weighted by Gasteiger charge is -2.59. The highest BCUT2D eigenvalue weighted by atomic mass is 16.7. The van der Waals surface area contributed by atoms with Crippen molar-refractivity contribution in [3.63, 3.8) is 0 Å². The van der Waals surface area contributed by atoms with E-state index in [0.29, 0.717) is 61.5 Å². The fraction of sp³-hybridized carbons (Fsp3) is 0.618. The van der Waals surface area contributed by atoms with Crippen LogP contribution in [0.25, 0.3) is 0 Å². The third-order valence-corrected chi connectivity index (χ3v) is 13.8. The van der Waals surface area contributed by atoms with Gasteiger partial charge in [0, 0.05) is 56.3 Å². The summed E-state index contributed by atoms with van der Waals surface area (Å²) in [6.07, 6.45) is 21.9. The molecule has 2 aromatic rings. The summed E-state index contributed by atoms with van der Waals surface area (Å²) in [5, 5.41) is 39.1. The summed E-state index contributed by atoms with van der Waals surface area (Å²) in [4.78, 5) is 46.5. The number of hydrogen-bond donors (Lipinski definition) is 3. The molecule has 0 saturated heterocycles. The van der Waals surface area contributed by atoms with E-state index >= 15 is 0 Å². The maximum absolute atomic E-state index is 14.4. The van der Waals surface area contributed by atoms with E-state index in [-0.39, 0.29) is 62.9 Å². The van der Waals surface area contributed by atoms with Crippen molar-refractivity contribution in [3.8, 4) is 11.5 Å². The number of carbonyl (C=O) groups is 2. The second-order valence-electron chi connectivity index (χ2n) is 18.9. The highest BCUT2D eigenvalue weighted by Gasteiger charge is 2.65.